The summed E-state index contributed by atoms with van der Waals surface area (Å²) in [5, 5.41) is 18.2. The molecule has 1 aromatic heterocycles. The van der Waals surface area contributed by atoms with Crippen LogP contribution < -0.4 is 16.0 Å². The second kappa shape index (κ2) is 7.33. The molecule has 8 heteroatoms. The Morgan fingerprint density at radius 3 is 2.68 bits per heavy atom. The van der Waals surface area contributed by atoms with E-state index in [1.165, 1.54) is 12.8 Å². The second-order valence-electron chi connectivity index (χ2n) is 8.88. The van der Waals surface area contributed by atoms with E-state index in [0.29, 0.717) is 16.7 Å². The Balaban J connectivity index is 1.49. The SMILES string of the molecule is CC(C)(C)NC(=S)Nc1ccc2[nH]nc(C(=O)N[C@H]3CN4CCC3CC4)c2c1. The monoisotopic (exact) mass is 400 g/mol. The fourth-order valence-corrected chi connectivity index (χ4v) is 4.56. The molecule has 2 aromatic rings. The Kier molecular flexibility index (Phi) is 5.01. The maximum Gasteiger partial charge on any atom is 0.272 e. The van der Waals surface area contributed by atoms with E-state index in [4.69, 9.17) is 12.2 Å². The predicted octanol–water partition coefficient (Wildman–Crippen LogP) is 2.47. The number of amides is 1. The smallest absolute Gasteiger partial charge is 0.272 e. The first kappa shape index (κ1) is 19.1. The van der Waals surface area contributed by atoms with Crippen LogP contribution >= 0.6 is 12.2 Å². The largest absolute Gasteiger partial charge is 0.358 e. The third-order valence-electron chi connectivity index (χ3n) is 5.50. The zero-order chi connectivity index (χ0) is 19.9. The standard InChI is InChI=1S/C20H28N6OS/c1-20(2,3)23-19(28)21-13-4-5-15-14(10-13)17(25-24-15)18(27)22-16-11-26-8-6-12(16)7-9-26/h4-5,10,12,16H,6-9,11H2,1-3H3,(H,22,27)(H,24,25)(H2,21,23,28)/t16-/m0/s1. The topological polar surface area (TPSA) is 85.1 Å². The van der Waals surface area contributed by atoms with Crippen molar-refractivity contribution in [1.82, 2.24) is 25.7 Å². The van der Waals surface area contributed by atoms with Crippen LogP contribution in [0.5, 0.6) is 0 Å². The van der Waals surface area contributed by atoms with Gasteiger partial charge >= 0.3 is 0 Å². The summed E-state index contributed by atoms with van der Waals surface area (Å²) >= 11 is 5.38. The highest BCUT2D eigenvalue weighted by Crippen LogP contribution is 2.28. The maximum atomic E-state index is 12.9. The van der Waals surface area contributed by atoms with Crippen molar-refractivity contribution in [3.8, 4) is 0 Å². The lowest BCUT2D eigenvalue weighted by Crippen LogP contribution is -2.57. The van der Waals surface area contributed by atoms with E-state index in [9.17, 15) is 4.79 Å². The van der Waals surface area contributed by atoms with Crippen molar-refractivity contribution in [3.63, 3.8) is 0 Å². The molecule has 0 spiro atoms. The summed E-state index contributed by atoms with van der Waals surface area (Å²) < 4.78 is 0. The van der Waals surface area contributed by atoms with Gasteiger partial charge in [-0.1, -0.05) is 0 Å². The number of thiocarbonyl (C=S) groups is 1. The van der Waals surface area contributed by atoms with Gasteiger partial charge in [0.2, 0.25) is 0 Å². The molecule has 0 unspecified atom stereocenters. The number of aromatic amines is 1. The third-order valence-corrected chi connectivity index (χ3v) is 5.70. The second-order valence-corrected chi connectivity index (χ2v) is 9.29. The Morgan fingerprint density at radius 2 is 2.04 bits per heavy atom. The fourth-order valence-electron chi connectivity index (χ4n) is 4.13. The highest BCUT2D eigenvalue weighted by Gasteiger charge is 2.35. The van der Waals surface area contributed by atoms with E-state index in [-0.39, 0.29) is 17.5 Å². The van der Waals surface area contributed by atoms with Crippen molar-refractivity contribution in [2.24, 2.45) is 5.92 Å². The molecular weight excluding hydrogens is 372 g/mol. The lowest BCUT2D eigenvalue weighted by Gasteiger charge is -2.44. The van der Waals surface area contributed by atoms with Crippen LogP contribution in [-0.2, 0) is 0 Å². The molecule has 0 aliphatic carbocycles. The number of H-pyrrole nitrogens is 1. The quantitative estimate of drug-likeness (QED) is 0.593. The van der Waals surface area contributed by atoms with Gasteiger partial charge in [-0.2, -0.15) is 5.10 Å². The molecule has 3 fully saturated rings. The van der Waals surface area contributed by atoms with Crippen LogP contribution in [0.25, 0.3) is 10.9 Å². The fraction of sp³-hybridized carbons (Fsp3) is 0.550. The third kappa shape index (κ3) is 4.12. The van der Waals surface area contributed by atoms with Gasteiger partial charge < -0.3 is 20.9 Å². The van der Waals surface area contributed by atoms with Crippen molar-refractivity contribution in [2.75, 3.05) is 25.0 Å². The van der Waals surface area contributed by atoms with Gasteiger partial charge in [-0.25, -0.2) is 0 Å². The number of fused-ring (bicyclic) bond motifs is 4. The van der Waals surface area contributed by atoms with Crippen molar-refractivity contribution in [3.05, 3.63) is 23.9 Å². The number of rotatable bonds is 3. The van der Waals surface area contributed by atoms with Gasteiger partial charge in [-0.3, -0.25) is 9.89 Å². The Hall–Kier alpha value is -2.19. The van der Waals surface area contributed by atoms with Crippen LogP contribution in [0.1, 0.15) is 44.1 Å². The minimum atomic E-state index is -0.121. The number of benzene rings is 1. The molecule has 3 aliphatic rings. The molecule has 4 N–H and O–H groups in total. The minimum absolute atomic E-state index is 0.113. The summed E-state index contributed by atoms with van der Waals surface area (Å²) in [5.41, 5.74) is 1.97. The van der Waals surface area contributed by atoms with Gasteiger partial charge in [0, 0.05) is 29.2 Å². The molecule has 0 saturated carbocycles. The van der Waals surface area contributed by atoms with Gasteiger partial charge in [-0.05, 0) is 83.0 Å². The minimum Gasteiger partial charge on any atom is -0.358 e. The molecule has 3 aliphatic heterocycles. The molecule has 150 valence electrons. The number of aromatic nitrogens is 2. The van der Waals surface area contributed by atoms with Gasteiger partial charge in [0.1, 0.15) is 0 Å². The summed E-state index contributed by atoms with van der Waals surface area (Å²) in [6, 6.07) is 5.97. The molecular formula is C20H28N6OS. The zero-order valence-corrected chi connectivity index (χ0v) is 17.4. The molecule has 1 atom stereocenters. The number of nitrogens with one attached hydrogen (secondary N) is 4. The predicted molar refractivity (Wildman–Crippen MR) is 116 cm³/mol. The van der Waals surface area contributed by atoms with Gasteiger partial charge in [0.05, 0.1) is 5.52 Å². The molecule has 7 nitrogen and oxygen atoms in total. The van der Waals surface area contributed by atoms with Crippen molar-refractivity contribution in [1.29, 1.82) is 0 Å². The van der Waals surface area contributed by atoms with E-state index in [1.54, 1.807) is 0 Å². The molecule has 4 heterocycles. The highest BCUT2D eigenvalue weighted by atomic mass is 32.1. The Morgan fingerprint density at radius 1 is 1.29 bits per heavy atom. The van der Waals surface area contributed by atoms with Gasteiger partial charge in [0.25, 0.3) is 5.91 Å². The lowest BCUT2D eigenvalue weighted by molar-refractivity contribution is 0.0618. The van der Waals surface area contributed by atoms with Gasteiger partial charge in [0.15, 0.2) is 10.8 Å². The van der Waals surface area contributed by atoms with Crippen molar-refractivity contribution < 1.29 is 4.79 Å². The average molecular weight is 401 g/mol. The summed E-state index contributed by atoms with van der Waals surface area (Å²) in [4.78, 5) is 15.3. The molecule has 1 amide bonds. The number of piperidine rings is 3. The number of carbonyl (C=O) groups is 1. The number of nitrogens with zero attached hydrogens (tertiary/aromatic N) is 2. The first-order valence-corrected chi connectivity index (χ1v) is 10.3. The lowest BCUT2D eigenvalue weighted by atomic mass is 9.84. The van der Waals surface area contributed by atoms with E-state index >= 15 is 0 Å². The Labute approximate surface area is 170 Å². The van der Waals surface area contributed by atoms with Crippen molar-refractivity contribution in [2.45, 2.75) is 45.2 Å². The number of hydrogen-bond acceptors (Lipinski definition) is 4. The number of hydrogen-bond donors (Lipinski definition) is 4. The van der Waals surface area contributed by atoms with Crippen LogP contribution in [-0.4, -0.2) is 57.3 Å². The maximum absolute atomic E-state index is 12.9. The summed E-state index contributed by atoms with van der Waals surface area (Å²) in [6.07, 6.45) is 2.33. The average Bonchev–Trinajstić information content (AvgIpc) is 3.04. The Bertz CT molecular complexity index is 894. The highest BCUT2D eigenvalue weighted by molar-refractivity contribution is 7.80. The van der Waals surface area contributed by atoms with Crippen LogP contribution in [0.15, 0.2) is 18.2 Å². The van der Waals surface area contributed by atoms with E-state index in [2.05, 4.69) is 51.8 Å². The van der Waals surface area contributed by atoms with Crippen LogP contribution in [0, 0.1) is 5.92 Å². The first-order valence-electron chi connectivity index (χ1n) is 9.89. The normalized spacial score (nSPS) is 24.2. The molecule has 28 heavy (non-hydrogen) atoms. The van der Waals surface area contributed by atoms with Crippen molar-refractivity contribution >= 4 is 39.8 Å². The van der Waals surface area contributed by atoms with Gasteiger partial charge in [-0.15, -0.1) is 0 Å². The summed E-state index contributed by atoms with van der Waals surface area (Å²) in [5.74, 6) is 0.467. The molecule has 1 aromatic carbocycles. The van der Waals surface area contributed by atoms with Crippen LogP contribution in [0.3, 0.4) is 0 Å². The van der Waals surface area contributed by atoms with E-state index in [1.807, 2.05) is 18.2 Å². The van der Waals surface area contributed by atoms with Crippen LogP contribution in [0.4, 0.5) is 5.69 Å². The first-order chi connectivity index (χ1) is 13.3. The number of carbonyl (C=O) groups excluding carboxylic acids is 1. The molecule has 0 radical (unpaired) electrons. The van der Waals surface area contributed by atoms with Crippen LogP contribution in [0.2, 0.25) is 0 Å². The van der Waals surface area contributed by atoms with E-state index < -0.39 is 0 Å². The summed E-state index contributed by atoms with van der Waals surface area (Å²) in [7, 11) is 0. The molecule has 2 bridgehead atoms. The zero-order valence-electron chi connectivity index (χ0n) is 16.6. The number of anilines is 1. The molecule has 5 rings (SSSR count). The van der Waals surface area contributed by atoms with E-state index in [0.717, 1.165) is 36.2 Å². The molecule has 3 saturated heterocycles. The summed E-state index contributed by atoms with van der Waals surface area (Å²) in [6.45, 7) is 9.41.